The minimum atomic E-state index is -0.870. The van der Waals surface area contributed by atoms with Crippen LogP contribution < -0.4 is 0 Å². The second-order valence-corrected chi connectivity index (χ2v) is 3.59. The number of benzene rings is 1. The van der Waals surface area contributed by atoms with E-state index in [1.54, 1.807) is 13.8 Å². The molecule has 3 heteroatoms. The van der Waals surface area contributed by atoms with E-state index in [1.165, 1.54) is 12.1 Å². The Hall–Kier alpha value is -1.69. The molecule has 0 fully saturated rings. The Kier molecular flexibility index (Phi) is 2.66. The molecule has 0 N–H and O–H groups in total. The molecule has 0 atom stereocenters. The molecule has 0 amide bonds. The van der Waals surface area contributed by atoms with Crippen LogP contribution in [0.1, 0.15) is 29.8 Å². The number of aldehydes is 1. The molecule has 0 spiro atoms. The number of halogens is 1. The Morgan fingerprint density at radius 2 is 2.14 bits per heavy atom. The number of carbonyl (C=O) groups is 1. The third kappa shape index (κ3) is 1.80. The molecule has 2 nitrogen and oxygen atoms in total. The lowest BCUT2D eigenvalue weighted by Gasteiger charge is -2.16. The summed E-state index contributed by atoms with van der Waals surface area (Å²) in [7, 11) is 0. The van der Waals surface area contributed by atoms with Gasteiger partial charge in [-0.25, -0.2) is 4.39 Å². The summed E-state index contributed by atoms with van der Waals surface area (Å²) < 4.78 is 13.4. The van der Waals surface area contributed by atoms with Crippen LogP contribution in [0.25, 0.3) is 0 Å². The summed E-state index contributed by atoms with van der Waals surface area (Å²) in [5.41, 5.74) is -0.281. The van der Waals surface area contributed by atoms with Crippen LogP contribution in [0, 0.1) is 17.1 Å². The van der Waals surface area contributed by atoms with Crippen molar-refractivity contribution in [3.8, 4) is 6.07 Å². The van der Waals surface area contributed by atoms with Gasteiger partial charge in [-0.05, 0) is 19.9 Å². The fourth-order valence-corrected chi connectivity index (χ4v) is 1.17. The first kappa shape index (κ1) is 10.4. The average Bonchev–Trinajstić information content (AvgIpc) is 2.17. The molecule has 0 unspecified atom stereocenters. The van der Waals surface area contributed by atoms with Crippen molar-refractivity contribution in [3.63, 3.8) is 0 Å². The van der Waals surface area contributed by atoms with E-state index in [1.807, 2.05) is 6.07 Å². The van der Waals surface area contributed by atoms with Crippen molar-refractivity contribution in [2.75, 3.05) is 0 Å². The van der Waals surface area contributed by atoms with Gasteiger partial charge in [-0.2, -0.15) is 5.26 Å². The molecule has 0 saturated carbocycles. The number of carbonyl (C=O) groups excluding carboxylic acids is 1. The summed E-state index contributed by atoms with van der Waals surface area (Å²) in [6.45, 7) is 3.26. The second-order valence-electron chi connectivity index (χ2n) is 3.59. The van der Waals surface area contributed by atoms with Gasteiger partial charge in [0.05, 0.1) is 11.5 Å². The van der Waals surface area contributed by atoms with Gasteiger partial charge in [0.2, 0.25) is 0 Å². The van der Waals surface area contributed by atoms with Crippen molar-refractivity contribution in [2.45, 2.75) is 19.3 Å². The van der Waals surface area contributed by atoms with Crippen LogP contribution in [-0.4, -0.2) is 6.29 Å². The summed E-state index contributed by atoms with van der Waals surface area (Å²) in [6, 6.07) is 6.13. The zero-order chi connectivity index (χ0) is 10.8. The fraction of sp³-hybridized carbons (Fsp3) is 0.273. The van der Waals surface area contributed by atoms with Gasteiger partial charge in [0.15, 0.2) is 0 Å². The van der Waals surface area contributed by atoms with Gasteiger partial charge in [0.25, 0.3) is 0 Å². The Morgan fingerprint density at radius 1 is 1.50 bits per heavy atom. The third-order valence-corrected chi connectivity index (χ3v) is 2.08. The highest BCUT2D eigenvalue weighted by Crippen LogP contribution is 2.25. The highest BCUT2D eigenvalue weighted by molar-refractivity contribution is 5.74. The van der Waals surface area contributed by atoms with E-state index in [-0.39, 0.29) is 5.56 Å². The Labute approximate surface area is 82.0 Å². The standard InChI is InChI=1S/C11H10FNO/c1-11(2,7-13)9-4-3-8(6-14)5-10(9)12/h3-6H,1-2H3. The molecule has 14 heavy (non-hydrogen) atoms. The second kappa shape index (κ2) is 3.59. The number of nitrogens with zero attached hydrogens (tertiary/aromatic N) is 1. The molecule has 0 bridgehead atoms. The molecule has 1 aromatic carbocycles. The predicted molar refractivity (Wildman–Crippen MR) is 50.4 cm³/mol. The molecule has 72 valence electrons. The zero-order valence-electron chi connectivity index (χ0n) is 8.04. The SMILES string of the molecule is CC(C)(C#N)c1ccc(C=O)cc1F. The largest absolute Gasteiger partial charge is 0.298 e. The van der Waals surface area contributed by atoms with Crippen LogP contribution in [0.4, 0.5) is 4.39 Å². The van der Waals surface area contributed by atoms with E-state index in [9.17, 15) is 9.18 Å². The number of rotatable bonds is 2. The summed E-state index contributed by atoms with van der Waals surface area (Å²) in [5, 5.41) is 8.81. The fourth-order valence-electron chi connectivity index (χ4n) is 1.17. The lowest BCUT2D eigenvalue weighted by Crippen LogP contribution is -2.16. The maximum atomic E-state index is 13.4. The van der Waals surface area contributed by atoms with Crippen LogP contribution in [-0.2, 0) is 5.41 Å². The van der Waals surface area contributed by atoms with Gasteiger partial charge >= 0.3 is 0 Å². The normalized spacial score (nSPS) is 10.7. The van der Waals surface area contributed by atoms with Gasteiger partial charge < -0.3 is 0 Å². The van der Waals surface area contributed by atoms with Crippen molar-refractivity contribution in [3.05, 3.63) is 35.1 Å². The molecule has 0 saturated heterocycles. The van der Waals surface area contributed by atoms with Crippen LogP contribution in [0.2, 0.25) is 0 Å². The Morgan fingerprint density at radius 3 is 2.57 bits per heavy atom. The summed E-state index contributed by atoms with van der Waals surface area (Å²) in [5.74, 6) is -0.513. The molecule has 0 aliphatic carbocycles. The Balaban J connectivity index is 3.27. The maximum absolute atomic E-state index is 13.4. The first-order valence-electron chi connectivity index (χ1n) is 4.18. The first-order valence-corrected chi connectivity index (χ1v) is 4.18. The van der Waals surface area contributed by atoms with Crippen LogP contribution in [0.15, 0.2) is 18.2 Å². The molecular weight excluding hydrogens is 181 g/mol. The van der Waals surface area contributed by atoms with Crippen molar-refractivity contribution in [1.82, 2.24) is 0 Å². The highest BCUT2D eigenvalue weighted by atomic mass is 19.1. The van der Waals surface area contributed by atoms with E-state index in [0.717, 1.165) is 6.07 Å². The minimum absolute atomic E-state index is 0.278. The molecular formula is C11H10FNO. The maximum Gasteiger partial charge on any atom is 0.150 e. The quantitative estimate of drug-likeness (QED) is 0.673. The van der Waals surface area contributed by atoms with Crippen molar-refractivity contribution < 1.29 is 9.18 Å². The molecule has 1 aromatic rings. The van der Waals surface area contributed by atoms with Crippen LogP contribution in [0.5, 0.6) is 0 Å². The lowest BCUT2D eigenvalue weighted by atomic mass is 9.85. The summed E-state index contributed by atoms with van der Waals surface area (Å²) >= 11 is 0. The first-order chi connectivity index (χ1) is 6.51. The summed E-state index contributed by atoms with van der Waals surface area (Å²) in [4.78, 5) is 10.4. The number of hydrogen-bond donors (Lipinski definition) is 0. The van der Waals surface area contributed by atoms with Gasteiger partial charge in [0, 0.05) is 11.1 Å². The monoisotopic (exact) mass is 191 g/mol. The molecule has 0 heterocycles. The number of hydrogen-bond acceptors (Lipinski definition) is 2. The minimum Gasteiger partial charge on any atom is -0.298 e. The predicted octanol–water partition coefficient (Wildman–Crippen LogP) is 2.44. The summed E-state index contributed by atoms with van der Waals surface area (Å²) in [6.07, 6.45) is 0.576. The van der Waals surface area contributed by atoms with Gasteiger partial charge in [-0.1, -0.05) is 12.1 Å². The van der Waals surface area contributed by atoms with Crippen molar-refractivity contribution in [1.29, 1.82) is 5.26 Å². The molecule has 1 rings (SSSR count). The van der Waals surface area contributed by atoms with Gasteiger partial charge in [-0.3, -0.25) is 4.79 Å². The van der Waals surface area contributed by atoms with Crippen LogP contribution in [0.3, 0.4) is 0 Å². The zero-order valence-corrected chi connectivity index (χ0v) is 8.04. The van der Waals surface area contributed by atoms with E-state index in [4.69, 9.17) is 5.26 Å². The van der Waals surface area contributed by atoms with Crippen molar-refractivity contribution in [2.24, 2.45) is 0 Å². The number of nitriles is 1. The van der Waals surface area contributed by atoms with Crippen LogP contribution >= 0.6 is 0 Å². The molecule has 0 aromatic heterocycles. The highest BCUT2D eigenvalue weighted by Gasteiger charge is 2.23. The third-order valence-electron chi connectivity index (χ3n) is 2.08. The topological polar surface area (TPSA) is 40.9 Å². The van der Waals surface area contributed by atoms with E-state index >= 15 is 0 Å². The van der Waals surface area contributed by atoms with E-state index < -0.39 is 11.2 Å². The van der Waals surface area contributed by atoms with Gasteiger partial charge in [0.1, 0.15) is 12.1 Å². The lowest BCUT2D eigenvalue weighted by molar-refractivity contribution is 0.112. The van der Waals surface area contributed by atoms with E-state index in [2.05, 4.69) is 0 Å². The smallest absolute Gasteiger partial charge is 0.150 e. The van der Waals surface area contributed by atoms with Crippen molar-refractivity contribution >= 4 is 6.29 Å². The molecule has 0 aliphatic heterocycles. The average molecular weight is 191 g/mol. The van der Waals surface area contributed by atoms with Gasteiger partial charge in [-0.15, -0.1) is 0 Å². The Bertz CT molecular complexity index is 404. The molecule has 0 radical (unpaired) electrons. The van der Waals surface area contributed by atoms with E-state index in [0.29, 0.717) is 11.8 Å². The molecule has 0 aliphatic rings.